The SMILES string of the molecule is O=C(O)C1CCC(Nc2ccn3nccc3n2)C1. The first-order valence-electron chi connectivity index (χ1n) is 6.02. The van der Waals surface area contributed by atoms with Gasteiger partial charge in [0.25, 0.3) is 0 Å². The molecule has 0 radical (unpaired) electrons. The van der Waals surface area contributed by atoms with Crippen molar-refractivity contribution in [1.82, 2.24) is 14.6 Å². The van der Waals surface area contributed by atoms with Crippen molar-refractivity contribution in [3.63, 3.8) is 0 Å². The molecule has 3 rings (SSSR count). The normalized spacial score (nSPS) is 23.3. The Bertz CT molecular complexity index is 580. The Balaban J connectivity index is 1.71. The summed E-state index contributed by atoms with van der Waals surface area (Å²) in [5, 5.41) is 16.3. The van der Waals surface area contributed by atoms with E-state index in [1.165, 1.54) is 0 Å². The van der Waals surface area contributed by atoms with E-state index in [-0.39, 0.29) is 12.0 Å². The van der Waals surface area contributed by atoms with E-state index in [0.29, 0.717) is 6.42 Å². The summed E-state index contributed by atoms with van der Waals surface area (Å²) in [5.41, 5.74) is 0.785. The third-order valence-corrected chi connectivity index (χ3v) is 3.39. The average Bonchev–Trinajstić information content (AvgIpc) is 2.96. The van der Waals surface area contributed by atoms with Crippen LogP contribution in [0.1, 0.15) is 19.3 Å². The molecule has 0 aromatic carbocycles. The molecule has 2 atom stereocenters. The number of hydrogen-bond acceptors (Lipinski definition) is 4. The van der Waals surface area contributed by atoms with E-state index in [9.17, 15) is 4.79 Å². The van der Waals surface area contributed by atoms with Crippen LogP contribution in [0.4, 0.5) is 5.82 Å². The number of carboxylic acids is 1. The number of fused-ring (bicyclic) bond motifs is 1. The van der Waals surface area contributed by atoms with Gasteiger partial charge in [-0.3, -0.25) is 4.79 Å². The van der Waals surface area contributed by atoms with Gasteiger partial charge in [0.1, 0.15) is 5.82 Å². The summed E-state index contributed by atoms with van der Waals surface area (Å²) in [6.45, 7) is 0. The minimum atomic E-state index is -0.696. The smallest absolute Gasteiger partial charge is 0.306 e. The van der Waals surface area contributed by atoms with Crippen LogP contribution in [0.15, 0.2) is 24.5 Å². The molecule has 0 bridgehead atoms. The molecular weight excluding hydrogens is 232 g/mol. The number of carboxylic acid groups (broad SMARTS) is 1. The monoisotopic (exact) mass is 246 g/mol. The summed E-state index contributed by atoms with van der Waals surface area (Å²) >= 11 is 0. The van der Waals surface area contributed by atoms with Crippen LogP contribution in [0.2, 0.25) is 0 Å². The summed E-state index contributed by atoms with van der Waals surface area (Å²) in [5.74, 6) is -0.140. The summed E-state index contributed by atoms with van der Waals surface area (Å²) in [7, 11) is 0. The maximum Gasteiger partial charge on any atom is 0.306 e. The molecular formula is C12H14N4O2. The summed E-state index contributed by atoms with van der Waals surface area (Å²) in [6.07, 6.45) is 5.82. The van der Waals surface area contributed by atoms with Crippen molar-refractivity contribution in [3.05, 3.63) is 24.5 Å². The van der Waals surface area contributed by atoms with Crippen molar-refractivity contribution < 1.29 is 9.90 Å². The van der Waals surface area contributed by atoms with Crippen molar-refractivity contribution in [2.75, 3.05) is 5.32 Å². The molecule has 2 heterocycles. The molecule has 0 aliphatic heterocycles. The lowest BCUT2D eigenvalue weighted by Gasteiger charge is -2.12. The van der Waals surface area contributed by atoms with Gasteiger partial charge in [-0.1, -0.05) is 0 Å². The molecule has 0 saturated heterocycles. The van der Waals surface area contributed by atoms with Crippen molar-refractivity contribution in [2.24, 2.45) is 5.92 Å². The van der Waals surface area contributed by atoms with Gasteiger partial charge in [0.05, 0.1) is 12.1 Å². The number of hydrogen-bond donors (Lipinski definition) is 2. The second-order valence-corrected chi connectivity index (χ2v) is 4.64. The fourth-order valence-electron chi connectivity index (χ4n) is 2.44. The van der Waals surface area contributed by atoms with Crippen molar-refractivity contribution in [3.8, 4) is 0 Å². The number of aliphatic carboxylic acids is 1. The van der Waals surface area contributed by atoms with Crippen LogP contribution in [-0.4, -0.2) is 31.7 Å². The van der Waals surface area contributed by atoms with Crippen LogP contribution in [0.3, 0.4) is 0 Å². The molecule has 6 heteroatoms. The van der Waals surface area contributed by atoms with Gasteiger partial charge < -0.3 is 10.4 Å². The lowest BCUT2D eigenvalue weighted by Crippen LogP contribution is -2.18. The number of nitrogens with one attached hydrogen (secondary N) is 1. The number of anilines is 1. The Kier molecular flexibility index (Phi) is 2.62. The van der Waals surface area contributed by atoms with Gasteiger partial charge in [-0.05, 0) is 25.3 Å². The van der Waals surface area contributed by atoms with E-state index < -0.39 is 5.97 Å². The summed E-state index contributed by atoms with van der Waals surface area (Å²) in [6, 6.07) is 3.89. The third kappa shape index (κ3) is 2.01. The molecule has 6 nitrogen and oxygen atoms in total. The van der Waals surface area contributed by atoms with E-state index in [1.807, 2.05) is 18.3 Å². The molecule has 1 saturated carbocycles. The first kappa shape index (κ1) is 11.0. The Labute approximate surface area is 104 Å². The topological polar surface area (TPSA) is 79.5 Å². The van der Waals surface area contributed by atoms with Crippen molar-refractivity contribution in [2.45, 2.75) is 25.3 Å². The minimum Gasteiger partial charge on any atom is -0.481 e. The minimum absolute atomic E-state index is 0.198. The number of nitrogens with zero attached hydrogens (tertiary/aromatic N) is 3. The van der Waals surface area contributed by atoms with E-state index in [4.69, 9.17) is 5.11 Å². The van der Waals surface area contributed by atoms with Crippen LogP contribution in [-0.2, 0) is 4.79 Å². The van der Waals surface area contributed by atoms with Gasteiger partial charge in [-0.25, -0.2) is 9.50 Å². The third-order valence-electron chi connectivity index (χ3n) is 3.39. The molecule has 2 N–H and O–H groups in total. The molecule has 2 aromatic rings. The molecule has 0 spiro atoms. The summed E-state index contributed by atoms with van der Waals surface area (Å²) < 4.78 is 1.69. The van der Waals surface area contributed by atoms with E-state index >= 15 is 0 Å². The second kappa shape index (κ2) is 4.29. The molecule has 0 amide bonds. The predicted molar refractivity (Wildman–Crippen MR) is 65.4 cm³/mol. The molecule has 94 valence electrons. The standard InChI is InChI=1S/C12H14N4O2/c17-12(18)8-1-2-9(7-8)14-10-4-6-16-11(15-10)3-5-13-16/h3-6,8-9H,1-2,7H2,(H,14,15)(H,17,18). The van der Waals surface area contributed by atoms with Crippen LogP contribution in [0.25, 0.3) is 5.65 Å². The van der Waals surface area contributed by atoms with Gasteiger partial charge in [0, 0.05) is 18.3 Å². The Morgan fingerprint density at radius 3 is 3.11 bits per heavy atom. The predicted octanol–water partition coefficient (Wildman–Crippen LogP) is 1.39. The van der Waals surface area contributed by atoms with Gasteiger partial charge in [-0.15, -0.1) is 0 Å². The highest BCUT2D eigenvalue weighted by molar-refractivity contribution is 5.70. The number of rotatable bonds is 3. The zero-order chi connectivity index (χ0) is 12.5. The van der Waals surface area contributed by atoms with E-state index in [0.717, 1.165) is 24.3 Å². The van der Waals surface area contributed by atoms with Crippen LogP contribution >= 0.6 is 0 Å². The highest BCUT2D eigenvalue weighted by atomic mass is 16.4. The molecule has 1 aliphatic rings. The Morgan fingerprint density at radius 2 is 2.33 bits per heavy atom. The zero-order valence-corrected chi connectivity index (χ0v) is 9.78. The average molecular weight is 246 g/mol. The molecule has 1 aliphatic carbocycles. The fourth-order valence-corrected chi connectivity index (χ4v) is 2.44. The van der Waals surface area contributed by atoms with Crippen molar-refractivity contribution in [1.29, 1.82) is 0 Å². The maximum atomic E-state index is 10.9. The van der Waals surface area contributed by atoms with Gasteiger partial charge in [-0.2, -0.15) is 5.10 Å². The number of aromatic nitrogens is 3. The zero-order valence-electron chi connectivity index (χ0n) is 9.78. The Morgan fingerprint density at radius 1 is 1.44 bits per heavy atom. The van der Waals surface area contributed by atoms with Crippen LogP contribution in [0.5, 0.6) is 0 Å². The quantitative estimate of drug-likeness (QED) is 0.855. The molecule has 18 heavy (non-hydrogen) atoms. The van der Waals surface area contributed by atoms with Gasteiger partial charge in [0.2, 0.25) is 0 Å². The highest BCUT2D eigenvalue weighted by Gasteiger charge is 2.29. The van der Waals surface area contributed by atoms with Crippen LogP contribution in [0, 0.1) is 5.92 Å². The van der Waals surface area contributed by atoms with Crippen LogP contribution < -0.4 is 5.32 Å². The van der Waals surface area contributed by atoms with Gasteiger partial charge in [0.15, 0.2) is 5.65 Å². The molecule has 2 unspecified atom stereocenters. The van der Waals surface area contributed by atoms with Gasteiger partial charge >= 0.3 is 5.97 Å². The second-order valence-electron chi connectivity index (χ2n) is 4.64. The molecule has 1 fully saturated rings. The first-order chi connectivity index (χ1) is 8.72. The largest absolute Gasteiger partial charge is 0.481 e. The number of carbonyl (C=O) groups is 1. The fraction of sp³-hybridized carbons (Fsp3) is 0.417. The van der Waals surface area contributed by atoms with Crippen molar-refractivity contribution >= 4 is 17.4 Å². The maximum absolute atomic E-state index is 10.9. The van der Waals surface area contributed by atoms with E-state index in [2.05, 4.69) is 15.4 Å². The lowest BCUT2D eigenvalue weighted by atomic mass is 10.1. The first-order valence-corrected chi connectivity index (χ1v) is 6.02. The van der Waals surface area contributed by atoms with E-state index in [1.54, 1.807) is 10.7 Å². The lowest BCUT2D eigenvalue weighted by molar-refractivity contribution is -0.141. The summed E-state index contributed by atoms with van der Waals surface area (Å²) in [4.78, 5) is 15.3. The Hall–Kier alpha value is -2.11. The molecule has 2 aromatic heterocycles. The highest BCUT2D eigenvalue weighted by Crippen LogP contribution is 2.27.